The third kappa shape index (κ3) is 2.93. The van der Waals surface area contributed by atoms with E-state index >= 15 is 0 Å². The smallest absolute Gasteiger partial charge is 0.265 e. The molecule has 1 aromatic carbocycles. The molecule has 0 aliphatic heterocycles. The molecule has 0 aliphatic rings. The number of hydrogen-bond donors (Lipinski definition) is 2. The number of aliphatic hydroxyl groups excluding tert-OH is 1. The molecule has 0 saturated carbocycles. The van der Waals surface area contributed by atoms with Crippen molar-refractivity contribution < 1.29 is 22.3 Å². The average molecular weight is 313 g/mol. The fraction of sp³-hybridized carbons (Fsp3) is 0.286. The van der Waals surface area contributed by atoms with E-state index in [1.165, 1.54) is 19.1 Å². The molecule has 2 N–H and O–H groups in total. The van der Waals surface area contributed by atoms with Crippen LogP contribution in [0.25, 0.3) is 0 Å². The molecule has 2 rings (SSSR count). The lowest BCUT2D eigenvalue weighted by atomic mass is 10.2. The Bertz CT molecular complexity index is 781. The van der Waals surface area contributed by atoms with Crippen LogP contribution in [-0.4, -0.2) is 13.5 Å². The fourth-order valence-corrected chi connectivity index (χ4v) is 3.60. The second-order valence-electron chi connectivity index (χ2n) is 4.75. The van der Waals surface area contributed by atoms with E-state index in [4.69, 9.17) is 4.42 Å². The van der Waals surface area contributed by atoms with Gasteiger partial charge in [0.15, 0.2) is 0 Å². The summed E-state index contributed by atoms with van der Waals surface area (Å²) in [6.45, 7) is 4.20. The Balaban J connectivity index is 2.45. The van der Waals surface area contributed by atoms with Crippen molar-refractivity contribution in [1.82, 2.24) is 0 Å². The molecule has 0 bridgehead atoms. The Labute approximate surface area is 122 Å². The maximum atomic E-state index is 13.5. The number of halogens is 1. The van der Waals surface area contributed by atoms with Gasteiger partial charge in [-0.05, 0) is 38.5 Å². The maximum Gasteiger partial charge on any atom is 0.265 e. The number of sulfonamides is 1. The minimum Gasteiger partial charge on any atom is -0.465 e. The van der Waals surface area contributed by atoms with Crippen LogP contribution in [0.5, 0.6) is 0 Å². The van der Waals surface area contributed by atoms with Gasteiger partial charge in [-0.2, -0.15) is 0 Å². The van der Waals surface area contributed by atoms with Crippen LogP contribution >= 0.6 is 0 Å². The first kappa shape index (κ1) is 15.5. The summed E-state index contributed by atoms with van der Waals surface area (Å²) in [7, 11) is -3.97. The van der Waals surface area contributed by atoms with Crippen LogP contribution in [0, 0.1) is 26.6 Å². The molecule has 21 heavy (non-hydrogen) atoms. The number of aliphatic hydroxyl groups is 1. The van der Waals surface area contributed by atoms with Crippen LogP contribution in [0.3, 0.4) is 0 Å². The first-order chi connectivity index (χ1) is 9.76. The molecular weight excluding hydrogens is 297 g/mol. The highest BCUT2D eigenvalue weighted by molar-refractivity contribution is 7.92. The minimum absolute atomic E-state index is 0.108. The van der Waals surface area contributed by atoms with E-state index in [2.05, 4.69) is 4.72 Å². The van der Waals surface area contributed by atoms with Crippen molar-refractivity contribution in [2.24, 2.45) is 0 Å². The van der Waals surface area contributed by atoms with Crippen LogP contribution in [0.4, 0.5) is 10.1 Å². The standard InChI is InChI=1S/C14H16FNO4S/c1-8-4-5-11(6-13(8)15)16-21(18,19)14-10(3)20-9(2)12(14)7-17/h4-6,16-17H,7H2,1-3H3. The van der Waals surface area contributed by atoms with Crippen molar-refractivity contribution in [3.8, 4) is 0 Å². The number of rotatable bonds is 4. The maximum absolute atomic E-state index is 13.5. The van der Waals surface area contributed by atoms with E-state index in [9.17, 15) is 17.9 Å². The van der Waals surface area contributed by atoms with Gasteiger partial charge in [0.25, 0.3) is 10.0 Å². The molecule has 0 aliphatic carbocycles. The highest BCUT2D eigenvalue weighted by Gasteiger charge is 2.26. The molecule has 7 heteroatoms. The summed E-state index contributed by atoms with van der Waals surface area (Å²) in [5.41, 5.74) is 0.733. The SMILES string of the molecule is Cc1ccc(NS(=O)(=O)c2c(C)oc(C)c2CO)cc1F. The van der Waals surface area contributed by atoms with Crippen molar-refractivity contribution in [2.45, 2.75) is 32.3 Å². The van der Waals surface area contributed by atoms with Gasteiger partial charge in [-0.25, -0.2) is 12.8 Å². The van der Waals surface area contributed by atoms with Gasteiger partial charge in [-0.3, -0.25) is 4.72 Å². The van der Waals surface area contributed by atoms with Gasteiger partial charge in [0.1, 0.15) is 22.2 Å². The molecule has 0 radical (unpaired) electrons. The van der Waals surface area contributed by atoms with E-state index < -0.39 is 22.4 Å². The molecule has 0 spiro atoms. The summed E-state index contributed by atoms with van der Waals surface area (Å²) in [5.74, 6) is 0.0137. The van der Waals surface area contributed by atoms with Crippen molar-refractivity contribution in [1.29, 1.82) is 0 Å². The van der Waals surface area contributed by atoms with Gasteiger partial charge < -0.3 is 9.52 Å². The highest BCUT2D eigenvalue weighted by Crippen LogP contribution is 2.28. The van der Waals surface area contributed by atoms with Gasteiger partial charge in [-0.1, -0.05) is 6.07 Å². The number of aryl methyl sites for hydroxylation is 3. The predicted molar refractivity (Wildman–Crippen MR) is 76.1 cm³/mol. The number of anilines is 1. The quantitative estimate of drug-likeness (QED) is 0.909. The lowest BCUT2D eigenvalue weighted by molar-refractivity contribution is 0.276. The molecule has 5 nitrogen and oxygen atoms in total. The predicted octanol–water partition coefficient (Wildman–Crippen LogP) is 2.64. The summed E-state index contributed by atoms with van der Waals surface area (Å²) in [6.07, 6.45) is 0. The molecule has 0 amide bonds. The molecule has 1 aromatic heterocycles. The Hall–Kier alpha value is -1.86. The zero-order valence-electron chi connectivity index (χ0n) is 11.9. The van der Waals surface area contributed by atoms with Gasteiger partial charge in [0, 0.05) is 5.56 Å². The largest absolute Gasteiger partial charge is 0.465 e. The summed E-state index contributed by atoms with van der Waals surface area (Å²) >= 11 is 0. The Morgan fingerprint density at radius 1 is 1.24 bits per heavy atom. The van der Waals surface area contributed by atoms with Gasteiger partial charge >= 0.3 is 0 Å². The number of hydrogen-bond acceptors (Lipinski definition) is 4. The fourth-order valence-electron chi connectivity index (χ4n) is 2.11. The summed E-state index contributed by atoms with van der Waals surface area (Å²) in [5, 5.41) is 9.31. The third-order valence-electron chi connectivity index (χ3n) is 3.18. The van der Waals surface area contributed by atoms with Crippen molar-refractivity contribution >= 4 is 15.7 Å². The van der Waals surface area contributed by atoms with E-state index in [1.54, 1.807) is 13.8 Å². The third-order valence-corrected chi connectivity index (χ3v) is 4.75. The van der Waals surface area contributed by atoms with Gasteiger partial charge in [0.2, 0.25) is 0 Å². The van der Waals surface area contributed by atoms with Gasteiger partial charge in [-0.15, -0.1) is 0 Å². The van der Waals surface area contributed by atoms with Crippen LogP contribution < -0.4 is 4.72 Å². The lowest BCUT2D eigenvalue weighted by Gasteiger charge is -2.09. The summed E-state index contributed by atoms with van der Waals surface area (Å²) < 4.78 is 45.8. The van der Waals surface area contributed by atoms with E-state index in [0.717, 1.165) is 6.07 Å². The Kier molecular flexibility index (Phi) is 4.06. The monoisotopic (exact) mass is 313 g/mol. The zero-order chi connectivity index (χ0) is 15.8. The van der Waals surface area contributed by atoms with Crippen molar-refractivity contribution in [3.63, 3.8) is 0 Å². The van der Waals surface area contributed by atoms with Crippen LogP contribution in [0.2, 0.25) is 0 Å². The minimum atomic E-state index is -3.97. The van der Waals surface area contributed by atoms with Crippen molar-refractivity contribution in [2.75, 3.05) is 4.72 Å². The molecule has 0 fully saturated rings. The van der Waals surface area contributed by atoms with Gasteiger partial charge in [0.05, 0.1) is 12.3 Å². The number of benzene rings is 1. The molecule has 0 atom stereocenters. The van der Waals surface area contributed by atoms with E-state index in [1.807, 2.05) is 0 Å². The van der Waals surface area contributed by atoms with Crippen LogP contribution in [-0.2, 0) is 16.6 Å². The molecule has 114 valence electrons. The number of nitrogens with one attached hydrogen (secondary N) is 1. The average Bonchev–Trinajstić information content (AvgIpc) is 2.68. The first-order valence-electron chi connectivity index (χ1n) is 6.25. The normalized spacial score (nSPS) is 11.7. The second-order valence-corrected chi connectivity index (χ2v) is 6.37. The molecule has 1 heterocycles. The zero-order valence-corrected chi connectivity index (χ0v) is 12.7. The van der Waals surface area contributed by atoms with E-state index in [-0.39, 0.29) is 21.9 Å². The molecular formula is C14H16FNO4S. The van der Waals surface area contributed by atoms with Crippen LogP contribution in [0.1, 0.15) is 22.6 Å². The molecule has 0 unspecified atom stereocenters. The summed E-state index contributed by atoms with van der Waals surface area (Å²) in [4.78, 5) is -0.108. The number of furan rings is 1. The second kappa shape index (κ2) is 5.50. The topological polar surface area (TPSA) is 79.5 Å². The molecule has 0 saturated heterocycles. The lowest BCUT2D eigenvalue weighted by Crippen LogP contribution is -2.15. The van der Waals surface area contributed by atoms with Crippen LogP contribution in [0.15, 0.2) is 27.5 Å². The van der Waals surface area contributed by atoms with E-state index in [0.29, 0.717) is 11.3 Å². The Morgan fingerprint density at radius 3 is 2.48 bits per heavy atom. The highest BCUT2D eigenvalue weighted by atomic mass is 32.2. The van der Waals surface area contributed by atoms with Crippen molar-refractivity contribution in [3.05, 3.63) is 46.7 Å². The molecule has 2 aromatic rings. The first-order valence-corrected chi connectivity index (χ1v) is 7.73. The Morgan fingerprint density at radius 2 is 1.90 bits per heavy atom. The summed E-state index contributed by atoms with van der Waals surface area (Å²) in [6, 6.07) is 4.05.